The third-order valence-corrected chi connectivity index (χ3v) is 5.07. The van der Waals surface area contributed by atoms with E-state index in [0.29, 0.717) is 19.0 Å². The lowest BCUT2D eigenvalue weighted by Gasteiger charge is -2.28. The molecule has 0 spiro atoms. The molecule has 1 aromatic heterocycles. The van der Waals surface area contributed by atoms with Crippen LogP contribution in [0.5, 0.6) is 0 Å². The number of H-pyrrole nitrogens is 1. The summed E-state index contributed by atoms with van der Waals surface area (Å²) in [6.45, 7) is 9.46. The Hall–Kier alpha value is -3.79. The summed E-state index contributed by atoms with van der Waals surface area (Å²) >= 11 is 0. The summed E-state index contributed by atoms with van der Waals surface area (Å²) in [6, 6.07) is 18.9. The van der Waals surface area contributed by atoms with E-state index in [9.17, 15) is 9.59 Å². The second-order valence-electron chi connectivity index (χ2n) is 9.99. The van der Waals surface area contributed by atoms with Gasteiger partial charge in [0.25, 0.3) is 0 Å². The van der Waals surface area contributed by atoms with Crippen molar-refractivity contribution in [1.82, 2.24) is 26.0 Å². The molecule has 10 nitrogen and oxygen atoms in total. The van der Waals surface area contributed by atoms with E-state index < -0.39 is 29.2 Å². The van der Waals surface area contributed by atoms with Crippen molar-refractivity contribution in [2.45, 2.75) is 65.0 Å². The smallest absolute Gasteiger partial charge is 0.408 e. The molecule has 2 aromatic carbocycles. The molecule has 0 aliphatic carbocycles. The second-order valence-corrected chi connectivity index (χ2v) is 9.99. The third-order valence-electron chi connectivity index (χ3n) is 5.07. The van der Waals surface area contributed by atoms with Crippen LogP contribution >= 0.6 is 0 Å². The van der Waals surface area contributed by atoms with Crippen LogP contribution in [-0.2, 0) is 27.4 Å². The fourth-order valence-electron chi connectivity index (χ4n) is 3.26. The maximum absolute atomic E-state index is 13.2. The number of benzene rings is 2. The summed E-state index contributed by atoms with van der Waals surface area (Å²) in [6.07, 6.45) is -0.682. The van der Waals surface area contributed by atoms with Gasteiger partial charge in [-0.1, -0.05) is 65.5 Å². The number of hydrogen-bond donors (Lipinski definition) is 3. The highest BCUT2D eigenvalue weighted by Gasteiger charge is 2.35. The lowest BCUT2D eigenvalue weighted by Crippen LogP contribution is -2.56. The Morgan fingerprint density at radius 2 is 1.58 bits per heavy atom. The van der Waals surface area contributed by atoms with E-state index in [4.69, 9.17) is 9.47 Å². The van der Waals surface area contributed by atoms with Crippen LogP contribution < -0.4 is 15.4 Å². The quantitative estimate of drug-likeness (QED) is 0.372. The molecule has 0 aliphatic rings. The van der Waals surface area contributed by atoms with Crippen LogP contribution in [0, 0.1) is 0 Å². The minimum atomic E-state index is -1.25. The first-order valence-corrected chi connectivity index (χ1v) is 11.8. The summed E-state index contributed by atoms with van der Waals surface area (Å²) in [5, 5.41) is 17.2. The fourth-order valence-corrected chi connectivity index (χ4v) is 3.26. The van der Waals surface area contributed by atoms with Crippen LogP contribution in [-0.4, -0.2) is 45.2 Å². The Balaban J connectivity index is 1.71. The number of ether oxygens (including phenoxy) is 2. The van der Waals surface area contributed by atoms with Gasteiger partial charge in [-0.2, -0.15) is 0 Å². The normalized spacial score (nSPS) is 12.6. The first kappa shape index (κ1) is 26.8. The number of aromatic amines is 1. The molecule has 0 saturated carbocycles. The number of amides is 2. The molecule has 0 bridgehead atoms. The first-order chi connectivity index (χ1) is 17.0. The number of nitrogens with one attached hydrogen (secondary N) is 3. The maximum atomic E-state index is 13.2. The predicted molar refractivity (Wildman–Crippen MR) is 133 cm³/mol. The van der Waals surface area contributed by atoms with E-state index in [0.717, 1.165) is 11.1 Å². The Labute approximate surface area is 211 Å². The van der Waals surface area contributed by atoms with Gasteiger partial charge in [0.1, 0.15) is 17.2 Å². The zero-order chi connectivity index (χ0) is 26.2. The van der Waals surface area contributed by atoms with Gasteiger partial charge in [-0.3, -0.25) is 4.79 Å². The molecule has 3 aromatic rings. The van der Waals surface area contributed by atoms with Gasteiger partial charge in [-0.25, -0.2) is 4.79 Å². The highest BCUT2D eigenvalue weighted by Crippen LogP contribution is 2.14. The molecule has 2 amide bonds. The molecule has 0 unspecified atom stereocenters. The van der Waals surface area contributed by atoms with E-state index in [-0.39, 0.29) is 6.61 Å². The summed E-state index contributed by atoms with van der Waals surface area (Å²) in [5.74, 6) is -0.0681. The van der Waals surface area contributed by atoms with Crippen LogP contribution in [0.15, 0.2) is 60.7 Å². The molecule has 0 fully saturated rings. The zero-order valence-corrected chi connectivity index (χ0v) is 21.4. The maximum Gasteiger partial charge on any atom is 0.408 e. The lowest BCUT2D eigenvalue weighted by atomic mass is 10.0. The molecule has 1 heterocycles. The molecule has 3 rings (SSSR count). The number of alkyl carbamates (subject to hydrolysis) is 1. The molecule has 3 N–H and O–H groups in total. The summed E-state index contributed by atoms with van der Waals surface area (Å²) < 4.78 is 11.2. The molecule has 0 saturated heterocycles. The molecule has 10 heteroatoms. The Morgan fingerprint density at radius 1 is 0.972 bits per heavy atom. The van der Waals surface area contributed by atoms with Gasteiger partial charge < -0.3 is 20.1 Å². The van der Waals surface area contributed by atoms with Crippen LogP contribution in [0.3, 0.4) is 0 Å². The Bertz CT molecular complexity index is 1130. The molecular formula is C26H35N6O4+. The molecular weight excluding hydrogens is 460 g/mol. The number of tetrazole rings is 1. The highest BCUT2D eigenvalue weighted by atomic mass is 16.6. The van der Waals surface area contributed by atoms with Crippen molar-refractivity contribution in [3.63, 3.8) is 0 Å². The summed E-state index contributed by atoms with van der Waals surface area (Å²) in [4.78, 5) is 27.0. The molecule has 0 aliphatic heterocycles. The largest absolute Gasteiger partial charge is 0.444 e. The van der Waals surface area contributed by atoms with Crippen LogP contribution in [0.25, 0.3) is 0 Å². The Morgan fingerprint density at radius 3 is 2.19 bits per heavy atom. The monoisotopic (exact) mass is 495 g/mol. The van der Waals surface area contributed by atoms with Crippen molar-refractivity contribution in [3.05, 3.63) is 77.6 Å². The number of carbonyl (C=O) groups is 2. The minimum Gasteiger partial charge on any atom is -0.444 e. The lowest BCUT2D eigenvalue weighted by molar-refractivity contribution is -0.798. The highest BCUT2D eigenvalue weighted by molar-refractivity contribution is 5.89. The number of carbonyl (C=O) groups excluding carboxylic acids is 2. The van der Waals surface area contributed by atoms with E-state index in [1.54, 1.807) is 39.4 Å². The molecule has 36 heavy (non-hydrogen) atoms. The first-order valence-electron chi connectivity index (χ1n) is 11.8. The molecule has 0 radical (unpaired) electrons. The van der Waals surface area contributed by atoms with Gasteiger partial charge in [0.05, 0.1) is 18.3 Å². The predicted octanol–water partition coefficient (Wildman–Crippen LogP) is 2.82. The van der Waals surface area contributed by atoms with Crippen LogP contribution in [0.1, 0.15) is 57.6 Å². The number of hydrogen-bond acceptors (Lipinski definition) is 6. The van der Waals surface area contributed by atoms with E-state index in [1.165, 1.54) is 0 Å². The van der Waals surface area contributed by atoms with Crippen molar-refractivity contribution in [2.75, 3.05) is 6.61 Å². The number of aromatic nitrogens is 4. The summed E-state index contributed by atoms with van der Waals surface area (Å²) in [7, 11) is 0. The number of nitrogens with zero attached hydrogens (tertiary/aromatic N) is 3. The fraction of sp³-hybridized carbons (Fsp3) is 0.423. The second kappa shape index (κ2) is 11.8. The van der Waals surface area contributed by atoms with Crippen molar-refractivity contribution >= 4 is 12.0 Å². The van der Waals surface area contributed by atoms with Crippen molar-refractivity contribution < 1.29 is 23.9 Å². The topological polar surface area (TPSA) is 122 Å². The van der Waals surface area contributed by atoms with E-state index in [2.05, 4.69) is 26.0 Å². The van der Waals surface area contributed by atoms with Crippen LogP contribution in [0.4, 0.5) is 4.79 Å². The minimum absolute atomic E-state index is 0.131. The number of rotatable bonds is 10. The van der Waals surface area contributed by atoms with E-state index in [1.807, 2.05) is 60.7 Å². The van der Waals surface area contributed by atoms with Gasteiger partial charge >= 0.3 is 11.9 Å². The van der Waals surface area contributed by atoms with Gasteiger partial charge in [-0.05, 0) is 56.1 Å². The zero-order valence-electron chi connectivity index (χ0n) is 21.4. The Kier molecular flexibility index (Phi) is 8.76. The molecule has 192 valence electrons. The third kappa shape index (κ3) is 8.46. The van der Waals surface area contributed by atoms with Crippen molar-refractivity contribution in [3.8, 4) is 0 Å². The van der Waals surface area contributed by atoms with Crippen molar-refractivity contribution in [2.24, 2.45) is 0 Å². The standard InChI is InChI=1S/C26H34N6O4/c1-25(2,3)36-24(34)28-26(4,5)23(33)27-21(18-35-17-20-14-10-7-11-15-20)22-29-31-32(30-22)16-19-12-8-6-9-13-19/h6-15,21H,16-18H2,1-5H3,(H2,27,28,33,34)/p+1/t21-/m1/s1. The average Bonchev–Trinajstić information content (AvgIpc) is 3.26. The van der Waals surface area contributed by atoms with Crippen LogP contribution in [0.2, 0.25) is 0 Å². The van der Waals surface area contributed by atoms with Gasteiger partial charge in [0, 0.05) is 0 Å². The molecule has 1 atom stereocenters. The van der Waals surface area contributed by atoms with Gasteiger partial charge in [-0.15, -0.1) is 0 Å². The SMILES string of the molecule is CC(C)(C)OC(=O)NC(C)(C)C(=O)N[C@H](COCc1ccccc1)c1n[nH][n+](Cc2ccccc2)n1. The average molecular weight is 496 g/mol. The summed E-state index contributed by atoms with van der Waals surface area (Å²) in [5.41, 5.74) is 0.115. The van der Waals surface area contributed by atoms with Gasteiger partial charge in [0.15, 0.2) is 6.54 Å². The van der Waals surface area contributed by atoms with E-state index >= 15 is 0 Å². The van der Waals surface area contributed by atoms with Crippen molar-refractivity contribution in [1.29, 1.82) is 0 Å². The van der Waals surface area contributed by atoms with Gasteiger partial charge in [0.2, 0.25) is 5.91 Å².